The van der Waals surface area contributed by atoms with Gasteiger partial charge in [-0.05, 0) is 29.7 Å². The predicted octanol–water partition coefficient (Wildman–Crippen LogP) is 2.93. The third kappa shape index (κ3) is 5.24. The summed E-state index contributed by atoms with van der Waals surface area (Å²) in [6.07, 6.45) is -4.52. The number of aliphatic hydroxyl groups is 1. The van der Waals surface area contributed by atoms with E-state index < -0.39 is 30.5 Å². The Kier molecular flexibility index (Phi) is 6.53. The number of benzene rings is 2. The van der Waals surface area contributed by atoms with Crippen molar-refractivity contribution in [3.8, 4) is 0 Å². The molecule has 3 N–H and O–H groups in total. The molecule has 1 aliphatic heterocycles. The van der Waals surface area contributed by atoms with Crippen molar-refractivity contribution in [2.24, 2.45) is 0 Å². The highest BCUT2D eigenvalue weighted by Gasteiger charge is 2.37. The highest BCUT2D eigenvalue weighted by atomic mass is 19.3. The monoisotopic (exact) mass is 394 g/mol. The van der Waals surface area contributed by atoms with E-state index in [1.807, 2.05) is 0 Å². The average molecular weight is 394 g/mol. The van der Waals surface area contributed by atoms with Crippen LogP contribution >= 0.6 is 0 Å². The summed E-state index contributed by atoms with van der Waals surface area (Å²) in [5.74, 6) is -0.402. The van der Waals surface area contributed by atoms with Crippen LogP contribution in [0.3, 0.4) is 0 Å². The Bertz CT molecular complexity index is 802. The fourth-order valence-corrected chi connectivity index (χ4v) is 3.16. The summed E-state index contributed by atoms with van der Waals surface area (Å²) in [6.45, 7) is 0.341. The first kappa shape index (κ1) is 20.2. The van der Waals surface area contributed by atoms with Crippen LogP contribution in [0.5, 0.6) is 0 Å². The Morgan fingerprint density at radius 2 is 1.96 bits per heavy atom. The molecule has 28 heavy (non-hydrogen) atoms. The molecule has 0 radical (unpaired) electrons. The molecule has 1 amide bonds. The normalized spacial score (nSPS) is 21.7. The molecule has 2 aromatic rings. The van der Waals surface area contributed by atoms with E-state index in [-0.39, 0.29) is 24.7 Å². The molecule has 0 aliphatic carbocycles. The van der Waals surface area contributed by atoms with Gasteiger partial charge < -0.3 is 20.5 Å². The Hall–Kier alpha value is -2.58. The van der Waals surface area contributed by atoms with Crippen molar-refractivity contribution in [1.82, 2.24) is 10.6 Å². The number of aliphatic hydroxyl groups excluding tert-OH is 1. The van der Waals surface area contributed by atoms with E-state index in [0.29, 0.717) is 12.0 Å². The maximum Gasteiger partial charge on any atom is 0.407 e. The second kappa shape index (κ2) is 9.07. The summed E-state index contributed by atoms with van der Waals surface area (Å²) in [7, 11) is 0. The fraction of sp³-hybridized carbons (Fsp3) is 0.350. The molecule has 0 saturated carbocycles. The summed E-state index contributed by atoms with van der Waals surface area (Å²) in [4.78, 5) is 12.1. The van der Waals surface area contributed by atoms with E-state index in [0.717, 1.165) is 5.56 Å². The zero-order valence-corrected chi connectivity index (χ0v) is 14.9. The summed E-state index contributed by atoms with van der Waals surface area (Å²) in [6, 6.07) is 11.4. The number of nitrogens with one attached hydrogen (secondary N) is 2. The van der Waals surface area contributed by atoms with Crippen LogP contribution in [0.1, 0.15) is 23.1 Å². The second-order valence-corrected chi connectivity index (χ2v) is 6.68. The molecule has 0 unspecified atom stereocenters. The lowest BCUT2D eigenvalue weighted by molar-refractivity contribution is 0.0188. The van der Waals surface area contributed by atoms with Crippen molar-refractivity contribution in [1.29, 1.82) is 0 Å². The number of ether oxygens (including phenoxy) is 1. The fourth-order valence-electron chi connectivity index (χ4n) is 3.16. The topological polar surface area (TPSA) is 70.6 Å². The van der Waals surface area contributed by atoms with Crippen LogP contribution in [0.4, 0.5) is 18.0 Å². The number of hydrogen-bond acceptors (Lipinski definition) is 4. The van der Waals surface area contributed by atoms with Crippen LogP contribution in [0.25, 0.3) is 0 Å². The molecule has 1 fully saturated rings. The number of carbonyl (C=O) groups excluding carboxylic acids is 1. The van der Waals surface area contributed by atoms with Crippen LogP contribution in [-0.4, -0.2) is 36.0 Å². The molecule has 0 aromatic heterocycles. The standard InChI is InChI=1S/C20H21F3N2O3/c21-15-3-1-2-13(8-15)10-25-20(27)28-18-16(24-11-17(18)26)9-12-4-6-14(7-5-12)19(22)23/h1-8,16-19,24,26H,9-11H2,(H,25,27)/t16-,17+,18+/m1/s1. The van der Waals surface area contributed by atoms with Crippen molar-refractivity contribution in [2.45, 2.75) is 37.6 Å². The van der Waals surface area contributed by atoms with E-state index in [1.165, 1.54) is 30.3 Å². The van der Waals surface area contributed by atoms with Gasteiger partial charge in [0.05, 0.1) is 6.04 Å². The average Bonchev–Trinajstić information content (AvgIpc) is 3.00. The maximum absolute atomic E-state index is 13.2. The summed E-state index contributed by atoms with van der Waals surface area (Å²) >= 11 is 0. The van der Waals surface area contributed by atoms with Crippen molar-refractivity contribution < 1.29 is 27.8 Å². The van der Waals surface area contributed by atoms with Gasteiger partial charge in [0.15, 0.2) is 0 Å². The first-order chi connectivity index (χ1) is 13.4. The quantitative estimate of drug-likeness (QED) is 0.705. The van der Waals surface area contributed by atoms with Gasteiger partial charge in [-0.2, -0.15) is 0 Å². The molecule has 3 atom stereocenters. The molecule has 150 valence electrons. The minimum absolute atomic E-state index is 0.0623. The lowest BCUT2D eigenvalue weighted by Gasteiger charge is -2.22. The second-order valence-electron chi connectivity index (χ2n) is 6.68. The number of alkyl halides is 2. The lowest BCUT2D eigenvalue weighted by atomic mass is 10.0. The van der Waals surface area contributed by atoms with Crippen molar-refractivity contribution in [3.63, 3.8) is 0 Å². The first-order valence-corrected chi connectivity index (χ1v) is 8.90. The summed E-state index contributed by atoms with van der Waals surface area (Å²) in [5, 5.41) is 15.7. The van der Waals surface area contributed by atoms with E-state index in [2.05, 4.69) is 10.6 Å². The van der Waals surface area contributed by atoms with E-state index in [1.54, 1.807) is 18.2 Å². The minimum Gasteiger partial charge on any atom is -0.442 e. The molecule has 1 aliphatic rings. The van der Waals surface area contributed by atoms with Gasteiger partial charge in [0.1, 0.15) is 18.0 Å². The smallest absolute Gasteiger partial charge is 0.407 e. The number of hydrogen-bond donors (Lipinski definition) is 3. The molecular formula is C20H21F3N2O3. The van der Waals surface area contributed by atoms with E-state index >= 15 is 0 Å². The first-order valence-electron chi connectivity index (χ1n) is 8.90. The van der Waals surface area contributed by atoms with Crippen LogP contribution in [0, 0.1) is 5.82 Å². The third-order valence-electron chi connectivity index (χ3n) is 4.62. The number of β-amino-alcohol motifs (C(OH)–C–C–N with tert-alkyl or cyclic N) is 1. The van der Waals surface area contributed by atoms with E-state index in [4.69, 9.17) is 4.74 Å². The summed E-state index contributed by atoms with van der Waals surface area (Å²) in [5.41, 5.74) is 1.30. The van der Waals surface area contributed by atoms with E-state index in [9.17, 15) is 23.1 Å². The van der Waals surface area contributed by atoms with Gasteiger partial charge in [-0.25, -0.2) is 18.0 Å². The highest BCUT2D eigenvalue weighted by Crippen LogP contribution is 2.21. The van der Waals surface area contributed by atoms with Crippen molar-refractivity contribution in [3.05, 3.63) is 71.0 Å². The largest absolute Gasteiger partial charge is 0.442 e. The number of amides is 1. The van der Waals surface area contributed by atoms with Crippen molar-refractivity contribution in [2.75, 3.05) is 6.54 Å². The van der Waals surface area contributed by atoms with Crippen LogP contribution < -0.4 is 10.6 Å². The SMILES string of the molecule is O=C(NCc1cccc(F)c1)O[C@@H]1[C@@H](O)CN[C@@H]1Cc1ccc(C(F)F)cc1. The highest BCUT2D eigenvalue weighted by molar-refractivity contribution is 5.67. The zero-order chi connectivity index (χ0) is 20.1. The molecular weight excluding hydrogens is 373 g/mol. The van der Waals surface area contributed by atoms with Crippen LogP contribution in [-0.2, 0) is 17.7 Å². The Morgan fingerprint density at radius 3 is 2.64 bits per heavy atom. The Labute approximate surface area is 160 Å². The zero-order valence-electron chi connectivity index (χ0n) is 14.9. The Morgan fingerprint density at radius 1 is 1.21 bits per heavy atom. The predicted molar refractivity (Wildman–Crippen MR) is 96.4 cm³/mol. The van der Waals surface area contributed by atoms with Gasteiger partial charge in [0.25, 0.3) is 6.43 Å². The molecule has 3 rings (SSSR count). The number of halogens is 3. The number of rotatable bonds is 6. The third-order valence-corrected chi connectivity index (χ3v) is 4.62. The van der Waals surface area contributed by atoms with Crippen LogP contribution in [0.15, 0.2) is 48.5 Å². The molecule has 8 heteroatoms. The minimum atomic E-state index is -2.53. The lowest BCUT2D eigenvalue weighted by Crippen LogP contribution is -2.41. The molecule has 0 spiro atoms. The van der Waals surface area contributed by atoms with Crippen LogP contribution in [0.2, 0.25) is 0 Å². The summed E-state index contributed by atoms with van der Waals surface area (Å²) < 4.78 is 43.8. The molecule has 2 aromatic carbocycles. The molecule has 0 bridgehead atoms. The Balaban J connectivity index is 1.55. The van der Waals surface area contributed by atoms with Gasteiger partial charge in [-0.3, -0.25) is 0 Å². The van der Waals surface area contributed by atoms with Gasteiger partial charge >= 0.3 is 6.09 Å². The molecule has 1 saturated heterocycles. The van der Waals surface area contributed by atoms with Gasteiger partial charge in [0.2, 0.25) is 0 Å². The number of alkyl carbamates (subject to hydrolysis) is 1. The maximum atomic E-state index is 13.2. The van der Waals surface area contributed by atoms with Crippen molar-refractivity contribution >= 4 is 6.09 Å². The van der Waals surface area contributed by atoms with Gasteiger partial charge in [-0.15, -0.1) is 0 Å². The molecule has 5 nitrogen and oxygen atoms in total. The number of carbonyl (C=O) groups is 1. The van der Waals surface area contributed by atoms with Gasteiger partial charge in [-0.1, -0.05) is 36.4 Å². The molecule has 1 heterocycles. The van der Waals surface area contributed by atoms with Gasteiger partial charge in [0, 0.05) is 18.7 Å².